The number of unbranched alkanes of at least 4 members (excludes halogenated alkanes) is 2. The van der Waals surface area contributed by atoms with Crippen molar-refractivity contribution in [2.45, 2.75) is 83.2 Å². The van der Waals surface area contributed by atoms with Gasteiger partial charge in [-0.05, 0) is 74.5 Å². The highest BCUT2D eigenvalue weighted by molar-refractivity contribution is 9.10. The van der Waals surface area contributed by atoms with Crippen LogP contribution in [0, 0.1) is 11.8 Å². The third-order valence-electron chi connectivity index (χ3n) is 6.50. The van der Waals surface area contributed by atoms with Crippen LogP contribution in [0.1, 0.15) is 83.1 Å². The Hall–Kier alpha value is -0.600. The molecule has 2 aliphatic rings. The van der Waals surface area contributed by atoms with Crippen LogP contribution in [0.3, 0.4) is 0 Å². The molecule has 1 fully saturated rings. The molecule has 1 N–H and O–H groups in total. The summed E-state index contributed by atoms with van der Waals surface area (Å²) in [5.41, 5.74) is 2.03. The number of hydrogen-bond donors (Lipinski definition) is 1. The predicted octanol–water partition coefficient (Wildman–Crippen LogP) is 7.13. The Kier molecular flexibility index (Phi) is 6.79. The predicted molar refractivity (Wildman–Crippen MR) is 110 cm³/mol. The fourth-order valence-corrected chi connectivity index (χ4v) is 5.02. The van der Waals surface area contributed by atoms with Gasteiger partial charge in [0.1, 0.15) is 0 Å². The van der Waals surface area contributed by atoms with Gasteiger partial charge in [0.2, 0.25) is 0 Å². The summed E-state index contributed by atoms with van der Waals surface area (Å²) >= 11 is 3.48. The molecule has 1 nitrogen and oxygen atoms in total. The first-order valence-electron chi connectivity index (χ1n) is 10.3. The highest BCUT2D eigenvalue weighted by Crippen LogP contribution is 2.43. The van der Waals surface area contributed by atoms with Crippen molar-refractivity contribution < 1.29 is 5.11 Å². The van der Waals surface area contributed by atoms with Crippen LogP contribution in [0.15, 0.2) is 40.4 Å². The summed E-state index contributed by atoms with van der Waals surface area (Å²) in [4.78, 5) is 0. The Bertz CT molecular complexity index is 568. The minimum atomic E-state index is -0.665. The summed E-state index contributed by atoms with van der Waals surface area (Å²) in [6.45, 7) is 2.29. The molecule has 0 saturated heterocycles. The fourth-order valence-electron chi connectivity index (χ4n) is 4.75. The van der Waals surface area contributed by atoms with Gasteiger partial charge in [-0.3, -0.25) is 0 Å². The first kappa shape index (κ1) is 19.2. The van der Waals surface area contributed by atoms with Gasteiger partial charge in [0.15, 0.2) is 0 Å². The van der Waals surface area contributed by atoms with E-state index in [4.69, 9.17) is 0 Å². The van der Waals surface area contributed by atoms with Crippen molar-refractivity contribution in [2.75, 3.05) is 0 Å². The lowest BCUT2D eigenvalue weighted by atomic mass is 9.71. The minimum absolute atomic E-state index is 0.665. The molecule has 1 aromatic carbocycles. The Morgan fingerprint density at radius 3 is 2.40 bits per heavy atom. The molecule has 0 spiro atoms. The van der Waals surface area contributed by atoms with Gasteiger partial charge in [0, 0.05) is 4.47 Å². The van der Waals surface area contributed by atoms with Crippen molar-refractivity contribution in [1.29, 1.82) is 0 Å². The van der Waals surface area contributed by atoms with Crippen LogP contribution in [-0.4, -0.2) is 5.11 Å². The lowest BCUT2D eigenvalue weighted by Gasteiger charge is -2.36. The molecule has 3 rings (SSSR count). The molecule has 0 bridgehead atoms. The molecule has 1 aromatic rings. The number of halogens is 1. The third-order valence-corrected chi connectivity index (χ3v) is 7.03. The van der Waals surface area contributed by atoms with Crippen molar-refractivity contribution in [3.63, 3.8) is 0 Å². The van der Waals surface area contributed by atoms with Crippen LogP contribution in [0.4, 0.5) is 0 Å². The lowest BCUT2D eigenvalue weighted by Crippen LogP contribution is -2.29. The Balaban J connectivity index is 1.52. The number of rotatable bonds is 6. The van der Waals surface area contributed by atoms with E-state index in [1.54, 1.807) is 5.57 Å². The van der Waals surface area contributed by atoms with Crippen molar-refractivity contribution >= 4 is 15.9 Å². The van der Waals surface area contributed by atoms with Gasteiger partial charge in [-0.2, -0.15) is 0 Å². The molecular weight excluding hydrogens is 372 g/mol. The van der Waals surface area contributed by atoms with E-state index in [0.29, 0.717) is 0 Å². The highest BCUT2D eigenvalue weighted by Gasteiger charge is 2.33. The van der Waals surface area contributed by atoms with Gasteiger partial charge < -0.3 is 5.11 Å². The van der Waals surface area contributed by atoms with Crippen molar-refractivity contribution in [3.8, 4) is 0 Å². The zero-order valence-electron chi connectivity index (χ0n) is 15.6. The Morgan fingerprint density at radius 1 is 1.08 bits per heavy atom. The van der Waals surface area contributed by atoms with Gasteiger partial charge in [-0.1, -0.05) is 72.3 Å². The maximum absolute atomic E-state index is 11.1. The zero-order chi connectivity index (χ0) is 17.7. The normalized spacial score (nSPS) is 30.1. The molecule has 0 amide bonds. The number of benzene rings is 1. The smallest absolute Gasteiger partial charge is 0.0933 e. The molecule has 0 aliphatic heterocycles. The van der Waals surface area contributed by atoms with Gasteiger partial charge in [-0.25, -0.2) is 0 Å². The summed E-state index contributed by atoms with van der Waals surface area (Å²) in [6.07, 6.45) is 16.3. The second-order valence-corrected chi connectivity index (χ2v) is 9.15. The molecule has 0 aromatic heterocycles. The van der Waals surface area contributed by atoms with Gasteiger partial charge in [0.05, 0.1) is 5.60 Å². The summed E-state index contributed by atoms with van der Waals surface area (Å²) in [6, 6.07) is 8.19. The fraction of sp³-hybridized carbons (Fsp3) is 0.652. The molecule has 0 heterocycles. The first-order valence-corrected chi connectivity index (χ1v) is 11.1. The summed E-state index contributed by atoms with van der Waals surface area (Å²) < 4.78 is 1.07. The van der Waals surface area contributed by atoms with E-state index in [-0.39, 0.29) is 0 Å². The second-order valence-electron chi connectivity index (χ2n) is 8.24. The van der Waals surface area contributed by atoms with Crippen LogP contribution in [0.2, 0.25) is 0 Å². The van der Waals surface area contributed by atoms with Crippen LogP contribution >= 0.6 is 15.9 Å². The van der Waals surface area contributed by atoms with E-state index >= 15 is 0 Å². The largest absolute Gasteiger partial charge is 0.385 e. The van der Waals surface area contributed by atoms with E-state index in [9.17, 15) is 5.11 Å². The molecule has 138 valence electrons. The number of allylic oxidation sites excluding steroid dienone is 1. The van der Waals surface area contributed by atoms with E-state index in [0.717, 1.165) is 41.1 Å². The zero-order valence-corrected chi connectivity index (χ0v) is 17.2. The minimum Gasteiger partial charge on any atom is -0.385 e. The number of hydrogen-bond acceptors (Lipinski definition) is 1. The van der Waals surface area contributed by atoms with E-state index < -0.39 is 5.60 Å². The molecule has 1 saturated carbocycles. The molecule has 1 atom stereocenters. The summed E-state index contributed by atoms with van der Waals surface area (Å²) in [7, 11) is 0. The highest BCUT2D eigenvalue weighted by atomic mass is 79.9. The third kappa shape index (κ3) is 4.98. The van der Waals surface area contributed by atoms with Crippen molar-refractivity contribution in [1.82, 2.24) is 0 Å². The molecule has 2 aliphatic carbocycles. The molecule has 25 heavy (non-hydrogen) atoms. The molecule has 1 unspecified atom stereocenters. The van der Waals surface area contributed by atoms with Gasteiger partial charge in [-0.15, -0.1) is 0 Å². The Labute approximate surface area is 162 Å². The van der Waals surface area contributed by atoms with Crippen molar-refractivity contribution in [3.05, 3.63) is 46.0 Å². The maximum Gasteiger partial charge on any atom is 0.0933 e. The summed E-state index contributed by atoms with van der Waals surface area (Å²) in [5, 5.41) is 11.1. The van der Waals surface area contributed by atoms with E-state index in [2.05, 4.69) is 41.1 Å². The van der Waals surface area contributed by atoms with Crippen LogP contribution in [-0.2, 0) is 5.60 Å². The first-order chi connectivity index (χ1) is 12.1. The van der Waals surface area contributed by atoms with Crippen LogP contribution in [0.5, 0.6) is 0 Å². The maximum atomic E-state index is 11.1. The summed E-state index contributed by atoms with van der Waals surface area (Å²) in [5.74, 6) is 1.77. The standard InChI is InChI=1S/C23H33BrO/c1-2-3-4-5-18-6-8-19(9-7-18)20-14-16-23(25,17-15-20)21-10-12-22(24)13-11-21/h10-14,18-19,25H,2-9,15-17H2,1H3. The lowest BCUT2D eigenvalue weighted by molar-refractivity contribution is 0.0241. The van der Waals surface area contributed by atoms with Crippen molar-refractivity contribution in [2.24, 2.45) is 11.8 Å². The monoisotopic (exact) mass is 404 g/mol. The van der Waals surface area contributed by atoms with E-state index in [1.165, 1.54) is 51.4 Å². The number of aliphatic hydroxyl groups is 1. The average molecular weight is 405 g/mol. The molecular formula is C23H33BrO. The Morgan fingerprint density at radius 2 is 1.80 bits per heavy atom. The topological polar surface area (TPSA) is 20.2 Å². The quantitative estimate of drug-likeness (QED) is 0.394. The molecule has 0 radical (unpaired) electrons. The van der Waals surface area contributed by atoms with Crippen LogP contribution in [0.25, 0.3) is 0 Å². The van der Waals surface area contributed by atoms with Gasteiger partial charge >= 0.3 is 0 Å². The van der Waals surface area contributed by atoms with Gasteiger partial charge in [0.25, 0.3) is 0 Å². The average Bonchev–Trinajstić information content (AvgIpc) is 2.64. The molecule has 2 heteroatoms. The van der Waals surface area contributed by atoms with Crippen LogP contribution < -0.4 is 0 Å². The second kappa shape index (κ2) is 8.86. The van der Waals surface area contributed by atoms with E-state index in [1.807, 2.05) is 12.1 Å². The SMILES string of the molecule is CCCCCC1CCC(C2=CCC(O)(c3ccc(Br)cc3)CC2)CC1.